The standard InChI is InChI=1S/2C13H3.2C7H16.2C2H7P.36CH4.2CH3.2FH.2U/c2*1-3-5-7-9-11-13-12-10-8-6-4-2;2*1-3-5-7-6-4-2;2*1-2-3;;;;;;;;;;;;;;;;;;;;;;;;;;;;;;;;;;;;;;;;;;/h2*1H3;2*3-7H2,1-2H3;2*2-3H2,1H3;36*1H4;2*1H3;2*1H;;/q2*-1;;;;;;;;;;;;;;;;;;;;;;;;;;;;;;;;;;;;;;;;;2*-1;;;2*+2/i/hT2. The molecule has 0 spiro atoms. The Labute approximate surface area is 644 Å². The molecule has 0 aliphatic rings. The molecule has 0 heterocycles. The fourth-order valence-electron chi connectivity index (χ4n) is 1.98. The molecule has 0 amide bonds. The van der Waals surface area contributed by atoms with Crippen molar-refractivity contribution in [2.75, 3.05) is 12.3 Å². The van der Waals surface area contributed by atoms with Crippen LogP contribution in [-0.2, 0) is 0 Å². The largest absolute Gasteiger partial charge is 2.00 e. The zero-order chi connectivity index (χ0) is 40.0. The van der Waals surface area contributed by atoms with Gasteiger partial charge in [0.15, 0.2) is 0 Å². The molecule has 0 rings (SSSR count). The van der Waals surface area contributed by atoms with Crippen molar-refractivity contribution in [1.82, 2.24) is 0 Å². The van der Waals surface area contributed by atoms with Crippen molar-refractivity contribution >= 4 is 18.5 Å². The summed E-state index contributed by atoms with van der Waals surface area (Å²) < 4.78 is 26.0. The minimum atomic E-state index is 0. The summed E-state index contributed by atoms with van der Waals surface area (Å²) in [5, 5.41) is 0. The van der Waals surface area contributed by atoms with E-state index >= 15 is 0 Å². The Morgan fingerprint density at radius 3 is 0.409 bits per heavy atom. The van der Waals surface area contributed by atoms with Crippen LogP contribution in [0.2, 0.25) is 0 Å². The summed E-state index contributed by atoms with van der Waals surface area (Å²) >= 11 is 0. The maximum absolute atomic E-state index is 8.75. The van der Waals surface area contributed by atoms with Gasteiger partial charge in [0.05, 0.1) is 0 Å². The molecule has 0 nitrogen and oxygen atoms in total. The zero-order valence-corrected chi connectivity index (χ0v) is 44.0. The zero-order valence-electron chi connectivity index (χ0n) is 35.4. The van der Waals surface area contributed by atoms with Gasteiger partial charge in [0.2, 0.25) is 0 Å². The fraction of sp³-hybridized carbons (Fsp3) is 0.683. The Morgan fingerprint density at radius 1 is 0.239 bits per heavy atom. The summed E-state index contributed by atoms with van der Waals surface area (Å²) in [4.78, 5) is 0. The summed E-state index contributed by atoms with van der Waals surface area (Å²) in [5.41, 5.74) is 0. The van der Waals surface area contributed by atoms with Crippen molar-refractivity contribution in [2.45, 2.75) is 387 Å². The van der Waals surface area contributed by atoms with E-state index in [0.717, 1.165) is 0 Å². The monoisotopic (exact) mass is 1770 g/mol. The molecule has 0 aliphatic carbocycles. The molecule has 0 aromatic heterocycles. The van der Waals surface area contributed by atoms with Gasteiger partial charge < -0.3 is 27.7 Å². The average molecular weight is 1770 g/mol. The van der Waals surface area contributed by atoms with Gasteiger partial charge in [-0.3, -0.25) is 21.3 Å². The Hall–Kier alpha value is -2.46. The molecule has 0 fully saturated rings. The summed E-state index contributed by atoms with van der Waals surface area (Å²) in [6.07, 6.45) is 29.2. The molecule has 2 unspecified atom stereocenters. The van der Waals surface area contributed by atoms with Crippen LogP contribution in [0.15, 0.2) is 0 Å². The van der Waals surface area contributed by atoms with E-state index in [-0.39, 0.29) is 344 Å². The van der Waals surface area contributed by atoms with Crippen molar-refractivity contribution < 1.29 is 71.7 Å². The third-order valence-electron chi connectivity index (χ3n) is 3.79. The minimum Gasteiger partial charge on any atom is -0.358 e. The summed E-state index contributed by atoms with van der Waals surface area (Å²) in [6.45, 7) is 16.6. The quantitative estimate of drug-likeness (QED) is 0.0983. The van der Waals surface area contributed by atoms with E-state index in [4.69, 9.17) is 22.3 Å². The topological polar surface area (TPSA) is 0 Å². The van der Waals surface area contributed by atoms with Gasteiger partial charge in [-0.05, 0) is 109 Å². The molecular weight excluding hydrogens is 1560 g/mol. The fourth-order valence-corrected chi connectivity index (χ4v) is 1.98. The van der Waals surface area contributed by atoms with Gasteiger partial charge in [-0.15, -0.1) is 30.3 Å². The van der Waals surface area contributed by atoms with Crippen LogP contribution in [0.25, 0.3) is 0 Å². The summed E-state index contributed by atoms with van der Waals surface area (Å²) in [5.74, 6) is 52.7. The van der Waals surface area contributed by atoms with Crippen LogP contribution >= 0.6 is 18.5 Å². The predicted molar refractivity (Wildman–Crippen MR) is 473 cm³/mol. The summed E-state index contributed by atoms with van der Waals surface area (Å²) in [6, 6.07) is 0. The van der Waals surface area contributed by atoms with Crippen molar-refractivity contribution in [3.63, 3.8) is 0 Å². The van der Waals surface area contributed by atoms with Crippen LogP contribution in [0.4, 0.5) is 9.44 Å². The first-order chi connectivity index (χ1) is 24.5. The van der Waals surface area contributed by atoms with Crippen LogP contribution in [0.5, 0.6) is 0 Å². The van der Waals surface area contributed by atoms with Crippen LogP contribution in [0.3, 0.4) is 0 Å². The third-order valence-corrected chi connectivity index (χ3v) is 3.79. The van der Waals surface area contributed by atoms with E-state index in [0.29, 0.717) is 0 Å². The van der Waals surface area contributed by atoms with Crippen molar-refractivity contribution in [3.8, 4) is 130 Å². The number of hydrogen-bond donors (Lipinski definition) is 0. The second kappa shape index (κ2) is 593. The van der Waals surface area contributed by atoms with Crippen LogP contribution in [-0.4, -0.2) is 15.2 Å². The number of hydrogen-bond acceptors (Lipinski definition) is 0. The smallest absolute Gasteiger partial charge is 0.358 e. The van der Waals surface area contributed by atoms with Gasteiger partial charge in [0.25, 0.3) is 2.90 Å². The molecule has 2 atom stereocenters. The van der Waals surface area contributed by atoms with Crippen molar-refractivity contribution in [1.29, 1.82) is 2.90 Å². The first-order valence-electron chi connectivity index (χ1n) is 16.3. The van der Waals surface area contributed by atoms with E-state index < -0.39 is 0 Å². The second-order valence-electron chi connectivity index (χ2n) is 7.94. The number of unbranched alkanes of at least 4 members (excludes halogenated alkanes) is 8. The molecular formula is C82H204F2P2U2. The molecule has 0 N–H and O–H groups in total. The van der Waals surface area contributed by atoms with Gasteiger partial charge in [0.1, 0.15) is 0 Å². The molecule has 0 aliphatic heterocycles. The van der Waals surface area contributed by atoms with Gasteiger partial charge in [-0.2, -0.15) is 0 Å². The van der Waals surface area contributed by atoms with Crippen LogP contribution in [0, 0.1) is 220 Å². The van der Waals surface area contributed by atoms with Gasteiger partial charge in [0, 0.05) is 0 Å². The number of halogens is 2. The predicted octanol–water partition coefficient (Wildman–Crippen LogP) is 33.0. The SMILES string of the molecule is C.C.C.C.C.C.C.C.C.C.C.C.C.C.C.C.C.C.C.C.C.C.C.C.C.C.C.C.C.C.C.C.C.C.C.C.CCCCCCC.CCCCCCC.CCP.CCP.[3H]F.[3H]F.[C-]#CC#CC#CC#CC#CC#CC.[C-]#CC#CC#CC#CC#CC#CC.[CH3-].[CH3-].[U+2].[U+2]. The maximum atomic E-state index is 8.75. The normalized spacial score (nSPS) is 3.16. The van der Waals surface area contributed by atoms with E-state index in [1.54, 1.807) is 13.8 Å². The van der Waals surface area contributed by atoms with Gasteiger partial charge in [-0.1, -0.05) is 385 Å². The average Bonchev–Trinajstić information content (AvgIpc) is 3.14. The van der Waals surface area contributed by atoms with Gasteiger partial charge >= 0.3 is 62.2 Å². The molecule has 0 bridgehead atoms. The number of rotatable bonds is 8. The Kier molecular flexibility index (Phi) is 2640. The van der Waals surface area contributed by atoms with E-state index in [1.165, 1.54) is 76.5 Å². The van der Waals surface area contributed by atoms with Crippen molar-refractivity contribution in [3.05, 3.63) is 27.7 Å². The third kappa shape index (κ3) is 872. The maximum Gasteiger partial charge on any atom is 2.00 e. The van der Waals surface area contributed by atoms with Crippen LogP contribution in [0.1, 0.15) is 387 Å². The van der Waals surface area contributed by atoms with Gasteiger partial charge in [-0.25, -0.2) is 11.8 Å². The minimum absolute atomic E-state index is 0. The van der Waals surface area contributed by atoms with Crippen LogP contribution < -0.4 is 0 Å². The van der Waals surface area contributed by atoms with E-state index in [9.17, 15) is 0 Å². The molecule has 0 aromatic carbocycles. The summed E-state index contributed by atoms with van der Waals surface area (Å²) in [7, 11) is 5.16. The van der Waals surface area contributed by atoms with E-state index in [1.807, 2.05) is 11.8 Å². The molecule has 0 aromatic rings. The molecule has 6 heteroatoms. The Morgan fingerprint density at radius 2 is 0.330 bits per heavy atom. The molecule has 0 saturated heterocycles. The molecule has 0 radical (unpaired) electrons. The molecule has 88 heavy (non-hydrogen) atoms. The first-order valence-corrected chi connectivity index (χ1v) is 17.2. The Balaban J connectivity index is -0.00000000479. The first kappa shape index (κ1) is 391. The van der Waals surface area contributed by atoms with Crippen molar-refractivity contribution in [2.24, 2.45) is 0 Å². The molecule has 564 valence electrons. The Bertz CT molecular complexity index is 1330. The second-order valence-corrected chi connectivity index (χ2v) is 9.57. The molecule has 0 saturated carbocycles. The van der Waals surface area contributed by atoms with E-state index in [2.05, 4.69) is 181 Å².